The predicted octanol–water partition coefficient (Wildman–Crippen LogP) is 0.948. The van der Waals surface area contributed by atoms with Gasteiger partial charge < -0.3 is 4.90 Å². The summed E-state index contributed by atoms with van der Waals surface area (Å²) in [5, 5.41) is 0. The molecule has 1 aromatic heterocycles. The fraction of sp³-hybridized carbons (Fsp3) is 0.286. The molecule has 0 spiro atoms. The average Bonchev–Trinajstić information content (AvgIpc) is 1.90. The molecule has 0 amide bonds. The van der Waals surface area contributed by atoms with Crippen molar-refractivity contribution >= 4 is 5.69 Å². The van der Waals surface area contributed by atoms with Crippen molar-refractivity contribution in [2.75, 3.05) is 19.0 Å². The van der Waals surface area contributed by atoms with E-state index in [4.69, 9.17) is 0 Å². The van der Waals surface area contributed by atoms with Gasteiger partial charge in [-0.1, -0.05) is 0 Å². The van der Waals surface area contributed by atoms with Crippen molar-refractivity contribution in [1.29, 1.82) is 0 Å². The molecule has 0 aliphatic heterocycles. The summed E-state index contributed by atoms with van der Waals surface area (Å²) >= 11 is 0. The minimum absolute atomic E-state index is 1.01. The van der Waals surface area contributed by atoms with Gasteiger partial charge >= 0.3 is 0 Å². The minimum Gasteiger partial charge on any atom is -0.376 e. The maximum Gasteiger partial charge on any atom is 0.114 e. The largest absolute Gasteiger partial charge is 0.376 e. The van der Waals surface area contributed by atoms with Crippen molar-refractivity contribution in [3.8, 4) is 0 Å². The van der Waals surface area contributed by atoms with Gasteiger partial charge in [-0.25, -0.2) is 0 Å². The van der Waals surface area contributed by atoms with E-state index in [1.807, 2.05) is 31.1 Å². The molecule has 2 nitrogen and oxygen atoms in total. The summed E-state index contributed by atoms with van der Waals surface area (Å²) in [6.45, 7) is 0. The third-order valence-corrected chi connectivity index (χ3v) is 1.08. The first-order chi connectivity index (χ1) is 4.30. The Labute approximate surface area is 55.1 Å². The van der Waals surface area contributed by atoms with Gasteiger partial charge in [-0.15, -0.1) is 0 Å². The molecule has 2 heteroatoms. The molecular weight excluding hydrogens is 112 g/mol. The van der Waals surface area contributed by atoms with Gasteiger partial charge in [0.1, 0.15) is 6.20 Å². The summed E-state index contributed by atoms with van der Waals surface area (Å²) in [6.07, 6.45) is 4.56. The summed E-state index contributed by atoms with van der Waals surface area (Å²) in [6, 6.07) is 3.86. The zero-order valence-electron chi connectivity index (χ0n) is 5.63. The summed E-state index contributed by atoms with van der Waals surface area (Å²) in [5.41, 5.74) is 1.01. The van der Waals surface area contributed by atoms with Gasteiger partial charge in [0.15, 0.2) is 0 Å². The summed E-state index contributed by atoms with van der Waals surface area (Å²) in [4.78, 5) is 5.80. The predicted molar refractivity (Wildman–Crippen MR) is 37.4 cm³/mol. The van der Waals surface area contributed by atoms with E-state index in [-0.39, 0.29) is 0 Å². The van der Waals surface area contributed by atoms with Crippen LogP contribution in [0, 0.1) is 6.20 Å². The summed E-state index contributed by atoms with van der Waals surface area (Å²) in [5.74, 6) is 0. The zero-order valence-corrected chi connectivity index (χ0v) is 5.63. The molecule has 1 heterocycles. The lowest BCUT2D eigenvalue weighted by Gasteiger charge is -2.09. The third kappa shape index (κ3) is 1.42. The van der Waals surface area contributed by atoms with Crippen LogP contribution in [0.15, 0.2) is 18.3 Å². The molecule has 1 radical (unpaired) electrons. The Kier molecular flexibility index (Phi) is 1.68. The highest BCUT2D eigenvalue weighted by molar-refractivity contribution is 5.40. The second-order valence-corrected chi connectivity index (χ2v) is 2.03. The molecule has 0 atom stereocenters. The van der Waals surface area contributed by atoms with Gasteiger partial charge in [-0.2, -0.15) is 0 Å². The van der Waals surface area contributed by atoms with Crippen molar-refractivity contribution in [3.63, 3.8) is 0 Å². The highest BCUT2D eigenvalue weighted by Crippen LogP contribution is 2.04. The molecule has 1 aromatic rings. The molecule has 0 saturated carbocycles. The van der Waals surface area contributed by atoms with E-state index in [1.165, 1.54) is 0 Å². The third-order valence-electron chi connectivity index (χ3n) is 1.08. The number of aromatic nitrogens is 1. The van der Waals surface area contributed by atoms with E-state index in [2.05, 4.69) is 11.2 Å². The van der Waals surface area contributed by atoms with Gasteiger partial charge in [0.25, 0.3) is 0 Å². The fourth-order valence-corrected chi connectivity index (χ4v) is 0.567. The lowest BCUT2D eigenvalue weighted by atomic mass is 10.4. The fourth-order valence-electron chi connectivity index (χ4n) is 0.567. The molecule has 0 aliphatic rings. The van der Waals surface area contributed by atoms with Crippen molar-refractivity contribution in [1.82, 2.24) is 4.98 Å². The number of pyridine rings is 1. The standard InChI is InChI=1S/C7H9N2/c1-9(2)7-4-3-5-8-6-7/h3-5H,1-2H3. The van der Waals surface area contributed by atoms with E-state index in [0.29, 0.717) is 0 Å². The van der Waals surface area contributed by atoms with Gasteiger partial charge in [0.2, 0.25) is 0 Å². The van der Waals surface area contributed by atoms with E-state index in [9.17, 15) is 0 Å². The molecule has 0 aromatic carbocycles. The van der Waals surface area contributed by atoms with Crippen LogP contribution in [0.5, 0.6) is 0 Å². The number of anilines is 1. The lowest BCUT2D eigenvalue weighted by Crippen LogP contribution is -2.08. The first-order valence-corrected chi connectivity index (χ1v) is 2.81. The SMILES string of the molecule is CN(C)c1[c]nccc1. The van der Waals surface area contributed by atoms with Gasteiger partial charge in [-0.05, 0) is 12.1 Å². The number of rotatable bonds is 1. The lowest BCUT2D eigenvalue weighted by molar-refractivity contribution is 1.11. The Balaban J connectivity index is 2.85. The Bertz CT molecular complexity index is 170. The van der Waals surface area contributed by atoms with Crippen LogP contribution in [-0.2, 0) is 0 Å². The smallest absolute Gasteiger partial charge is 0.114 e. The summed E-state index contributed by atoms with van der Waals surface area (Å²) < 4.78 is 0. The topological polar surface area (TPSA) is 16.1 Å². The highest BCUT2D eigenvalue weighted by atomic mass is 15.1. The van der Waals surface area contributed by atoms with Crippen LogP contribution in [-0.4, -0.2) is 19.1 Å². The summed E-state index contributed by atoms with van der Waals surface area (Å²) in [7, 11) is 3.93. The first kappa shape index (κ1) is 6.08. The maximum absolute atomic E-state index is 3.84. The second kappa shape index (κ2) is 2.49. The molecule has 0 N–H and O–H groups in total. The molecule has 0 unspecified atom stereocenters. The van der Waals surface area contributed by atoms with Gasteiger partial charge in [-0.3, -0.25) is 4.98 Å². The molecule has 47 valence electrons. The minimum atomic E-state index is 1.01. The number of hydrogen-bond acceptors (Lipinski definition) is 2. The monoisotopic (exact) mass is 121 g/mol. The molecule has 9 heavy (non-hydrogen) atoms. The van der Waals surface area contributed by atoms with Crippen LogP contribution < -0.4 is 4.90 Å². The van der Waals surface area contributed by atoms with E-state index >= 15 is 0 Å². The van der Waals surface area contributed by atoms with Crippen LogP contribution in [0.25, 0.3) is 0 Å². The van der Waals surface area contributed by atoms with Gasteiger partial charge in [0.05, 0.1) is 5.69 Å². The Morgan fingerprint density at radius 2 is 2.33 bits per heavy atom. The van der Waals surface area contributed by atoms with E-state index in [0.717, 1.165) is 5.69 Å². The maximum atomic E-state index is 3.84. The molecular formula is C7H9N2. The number of hydrogen-bond donors (Lipinski definition) is 0. The molecule has 0 fully saturated rings. The molecule has 0 bridgehead atoms. The van der Waals surface area contributed by atoms with Crippen LogP contribution in [0.3, 0.4) is 0 Å². The van der Waals surface area contributed by atoms with Crippen molar-refractivity contribution < 1.29 is 0 Å². The molecule has 1 rings (SSSR count). The van der Waals surface area contributed by atoms with Crippen LogP contribution in [0.2, 0.25) is 0 Å². The zero-order chi connectivity index (χ0) is 6.69. The normalized spacial score (nSPS) is 9.11. The van der Waals surface area contributed by atoms with Crippen LogP contribution in [0.1, 0.15) is 0 Å². The van der Waals surface area contributed by atoms with Crippen molar-refractivity contribution in [3.05, 3.63) is 24.5 Å². The first-order valence-electron chi connectivity index (χ1n) is 2.81. The van der Waals surface area contributed by atoms with E-state index in [1.54, 1.807) is 6.20 Å². The Morgan fingerprint density at radius 1 is 1.56 bits per heavy atom. The van der Waals surface area contributed by atoms with Crippen molar-refractivity contribution in [2.24, 2.45) is 0 Å². The van der Waals surface area contributed by atoms with E-state index < -0.39 is 0 Å². The average molecular weight is 121 g/mol. The van der Waals surface area contributed by atoms with Gasteiger partial charge in [0, 0.05) is 20.3 Å². The molecule has 0 saturated heterocycles. The quantitative estimate of drug-likeness (QED) is 0.550. The van der Waals surface area contributed by atoms with Crippen molar-refractivity contribution in [2.45, 2.75) is 0 Å². The Morgan fingerprint density at radius 3 is 2.67 bits per heavy atom. The van der Waals surface area contributed by atoms with Crippen LogP contribution in [0.4, 0.5) is 5.69 Å². The molecule has 0 aliphatic carbocycles. The second-order valence-electron chi connectivity index (χ2n) is 2.03. The highest BCUT2D eigenvalue weighted by Gasteiger charge is 1.89. The number of nitrogens with zero attached hydrogens (tertiary/aromatic N) is 2. The van der Waals surface area contributed by atoms with Crippen LogP contribution >= 0.6 is 0 Å². The Hall–Kier alpha value is -1.05.